The number of esters is 1. The van der Waals surface area contributed by atoms with Crippen LogP contribution in [-0.4, -0.2) is 39.6 Å². The number of thiophene rings is 1. The Balaban J connectivity index is 1.53. The third kappa shape index (κ3) is 4.70. The molecule has 3 heterocycles. The third-order valence-electron chi connectivity index (χ3n) is 6.39. The molecule has 5 aromatic rings. The number of rotatable bonds is 6. The van der Waals surface area contributed by atoms with Crippen LogP contribution in [-0.2, 0) is 4.74 Å². The first-order valence-corrected chi connectivity index (χ1v) is 13.1. The van der Waals surface area contributed by atoms with Crippen molar-refractivity contribution >= 4 is 34.5 Å². The van der Waals surface area contributed by atoms with Gasteiger partial charge in [-0.05, 0) is 57.0 Å². The van der Waals surface area contributed by atoms with Gasteiger partial charge in [0.1, 0.15) is 4.88 Å². The van der Waals surface area contributed by atoms with E-state index in [4.69, 9.17) is 4.74 Å². The van der Waals surface area contributed by atoms with Gasteiger partial charge in [-0.15, -0.1) is 11.3 Å². The highest BCUT2D eigenvalue weighted by molar-refractivity contribution is 7.18. The number of aryl methyl sites for hydroxylation is 2. The molecule has 7 nitrogen and oxygen atoms in total. The Morgan fingerprint density at radius 1 is 1.00 bits per heavy atom. The second kappa shape index (κ2) is 10.2. The summed E-state index contributed by atoms with van der Waals surface area (Å²) in [7, 11) is 1.36. The van der Waals surface area contributed by atoms with Crippen molar-refractivity contribution in [2.24, 2.45) is 0 Å². The first-order chi connectivity index (χ1) is 18.3. The summed E-state index contributed by atoms with van der Waals surface area (Å²) in [5.74, 6) is -0.619. The molecule has 1 amide bonds. The molecule has 0 unspecified atom stereocenters. The monoisotopic (exact) mass is 524 g/mol. The summed E-state index contributed by atoms with van der Waals surface area (Å²) in [6.07, 6.45) is 3.60. The highest BCUT2D eigenvalue weighted by atomic mass is 32.1. The van der Waals surface area contributed by atoms with E-state index in [2.05, 4.69) is 10.1 Å². The Kier molecular flexibility index (Phi) is 6.82. The molecule has 0 spiro atoms. The number of ether oxygens (including phenoxy) is 1. The zero-order chi connectivity index (χ0) is 27.0. The number of hydrogen-bond donors (Lipinski definition) is 0. The molecular weight excluding hydrogens is 496 g/mol. The number of aromatic nitrogens is 3. The zero-order valence-corrected chi connectivity index (χ0v) is 22.7. The number of anilines is 1. The van der Waals surface area contributed by atoms with Gasteiger partial charge < -0.3 is 9.64 Å². The van der Waals surface area contributed by atoms with Gasteiger partial charge in [0, 0.05) is 40.5 Å². The van der Waals surface area contributed by atoms with Crippen molar-refractivity contribution < 1.29 is 14.3 Å². The van der Waals surface area contributed by atoms with E-state index >= 15 is 0 Å². The van der Waals surface area contributed by atoms with E-state index in [1.54, 1.807) is 15.6 Å². The summed E-state index contributed by atoms with van der Waals surface area (Å²) in [5.41, 5.74) is 6.63. The maximum Gasteiger partial charge on any atom is 0.350 e. The minimum absolute atomic E-state index is 0.150. The van der Waals surface area contributed by atoms with Gasteiger partial charge in [-0.25, -0.2) is 14.3 Å². The normalized spacial score (nSPS) is 11.2. The largest absolute Gasteiger partial charge is 0.465 e. The third-order valence-corrected chi connectivity index (χ3v) is 7.55. The number of hydrogen-bond acceptors (Lipinski definition) is 6. The molecule has 0 aliphatic rings. The van der Waals surface area contributed by atoms with Crippen LogP contribution < -0.4 is 4.90 Å². The predicted molar refractivity (Wildman–Crippen MR) is 151 cm³/mol. The molecule has 192 valence electrons. The summed E-state index contributed by atoms with van der Waals surface area (Å²) < 4.78 is 6.84. The number of fused-ring (bicyclic) bond motifs is 1. The van der Waals surface area contributed by atoms with Crippen molar-refractivity contribution in [1.82, 2.24) is 14.6 Å². The SMILES string of the molecule is COC(=O)c1sc(-c2ccc(-c3cc4ncccn4n3)cc2)cc1N(C(=O)c1ccc(C)cc1C)C(C)C. The minimum Gasteiger partial charge on any atom is -0.465 e. The van der Waals surface area contributed by atoms with E-state index < -0.39 is 5.97 Å². The van der Waals surface area contributed by atoms with Gasteiger partial charge in [0.2, 0.25) is 0 Å². The van der Waals surface area contributed by atoms with Gasteiger partial charge >= 0.3 is 5.97 Å². The van der Waals surface area contributed by atoms with Gasteiger partial charge in [-0.3, -0.25) is 4.79 Å². The van der Waals surface area contributed by atoms with Gasteiger partial charge in [-0.1, -0.05) is 42.0 Å². The quantitative estimate of drug-likeness (QED) is 0.234. The number of benzene rings is 2. The summed E-state index contributed by atoms with van der Waals surface area (Å²) >= 11 is 1.32. The highest BCUT2D eigenvalue weighted by Gasteiger charge is 2.29. The summed E-state index contributed by atoms with van der Waals surface area (Å²) in [5, 5.41) is 4.59. The standard InChI is InChI=1S/C30H28N4O3S/c1-18(2)34(29(35)23-12-7-19(3)15-20(23)4)25-17-26(38-28(25)30(36)37-5)22-10-8-21(9-11-22)24-16-27-31-13-6-14-33(27)32-24/h6-18H,1-5H3. The van der Waals surface area contributed by atoms with Crippen LogP contribution in [0.25, 0.3) is 27.3 Å². The molecule has 0 bridgehead atoms. The molecule has 0 atom stereocenters. The van der Waals surface area contributed by atoms with Gasteiger partial charge in [-0.2, -0.15) is 5.10 Å². The van der Waals surface area contributed by atoms with E-state index in [1.165, 1.54) is 18.4 Å². The minimum atomic E-state index is -0.468. The molecule has 0 N–H and O–H groups in total. The van der Waals surface area contributed by atoms with Crippen molar-refractivity contribution in [1.29, 1.82) is 0 Å². The number of nitrogens with zero attached hydrogens (tertiary/aromatic N) is 4. The van der Waals surface area contributed by atoms with Crippen molar-refractivity contribution in [2.75, 3.05) is 12.0 Å². The smallest absolute Gasteiger partial charge is 0.350 e. The Hall–Kier alpha value is -4.30. The average Bonchev–Trinajstić information content (AvgIpc) is 3.53. The lowest BCUT2D eigenvalue weighted by Gasteiger charge is -2.27. The number of amides is 1. The van der Waals surface area contributed by atoms with Crippen LogP contribution in [0.4, 0.5) is 5.69 Å². The molecule has 5 rings (SSSR count). The van der Waals surface area contributed by atoms with Crippen LogP contribution >= 0.6 is 11.3 Å². The molecule has 0 saturated heterocycles. The average molecular weight is 525 g/mol. The lowest BCUT2D eigenvalue weighted by molar-refractivity contribution is 0.0607. The second-order valence-electron chi connectivity index (χ2n) is 9.43. The second-order valence-corrected chi connectivity index (χ2v) is 10.5. The van der Waals surface area contributed by atoms with E-state index in [0.717, 1.165) is 38.5 Å². The molecule has 2 aromatic carbocycles. The van der Waals surface area contributed by atoms with E-state index in [1.807, 2.05) is 94.6 Å². The molecule has 0 saturated carbocycles. The Morgan fingerprint density at radius 3 is 2.39 bits per heavy atom. The molecule has 8 heteroatoms. The number of methoxy groups -OCH3 is 1. The van der Waals surface area contributed by atoms with Crippen LogP contribution in [0, 0.1) is 13.8 Å². The van der Waals surface area contributed by atoms with Crippen LogP contribution in [0.1, 0.15) is 45.0 Å². The van der Waals surface area contributed by atoms with Crippen LogP contribution in [0.5, 0.6) is 0 Å². The van der Waals surface area contributed by atoms with E-state index in [-0.39, 0.29) is 11.9 Å². The van der Waals surface area contributed by atoms with Gasteiger partial charge in [0.15, 0.2) is 5.65 Å². The molecule has 3 aromatic heterocycles. The summed E-state index contributed by atoms with van der Waals surface area (Å²) in [4.78, 5) is 33.9. The van der Waals surface area contributed by atoms with E-state index in [9.17, 15) is 9.59 Å². The first-order valence-electron chi connectivity index (χ1n) is 12.3. The fourth-order valence-electron chi connectivity index (χ4n) is 4.52. The highest BCUT2D eigenvalue weighted by Crippen LogP contribution is 2.39. The van der Waals surface area contributed by atoms with Crippen LogP contribution in [0.2, 0.25) is 0 Å². The number of carbonyl (C=O) groups is 2. The Bertz CT molecular complexity index is 1620. The first kappa shape index (κ1) is 25.4. The molecule has 38 heavy (non-hydrogen) atoms. The molecular formula is C30H28N4O3S. The Labute approximate surface area is 225 Å². The van der Waals surface area contributed by atoms with Crippen LogP contribution in [0.3, 0.4) is 0 Å². The zero-order valence-electron chi connectivity index (χ0n) is 21.9. The van der Waals surface area contributed by atoms with E-state index in [0.29, 0.717) is 16.1 Å². The fraction of sp³-hybridized carbons (Fsp3) is 0.200. The fourth-order valence-corrected chi connectivity index (χ4v) is 5.60. The summed E-state index contributed by atoms with van der Waals surface area (Å²) in [6.45, 7) is 7.81. The molecule has 0 radical (unpaired) electrons. The lowest BCUT2D eigenvalue weighted by atomic mass is 10.0. The maximum absolute atomic E-state index is 13.8. The number of carbonyl (C=O) groups excluding carboxylic acids is 2. The molecule has 0 fully saturated rings. The van der Waals surface area contributed by atoms with Crippen molar-refractivity contribution in [3.63, 3.8) is 0 Å². The van der Waals surface area contributed by atoms with Crippen molar-refractivity contribution in [2.45, 2.75) is 33.7 Å². The van der Waals surface area contributed by atoms with Crippen molar-refractivity contribution in [3.8, 4) is 21.7 Å². The Morgan fingerprint density at radius 2 is 1.74 bits per heavy atom. The molecule has 0 aliphatic heterocycles. The topological polar surface area (TPSA) is 76.8 Å². The van der Waals surface area contributed by atoms with Crippen molar-refractivity contribution in [3.05, 3.63) is 94.6 Å². The van der Waals surface area contributed by atoms with Gasteiger partial charge in [0.05, 0.1) is 18.5 Å². The maximum atomic E-state index is 13.8. The lowest BCUT2D eigenvalue weighted by Crippen LogP contribution is -2.38. The summed E-state index contributed by atoms with van der Waals surface area (Å²) in [6, 6.07) is 19.3. The predicted octanol–water partition coefficient (Wildman–Crippen LogP) is 6.58. The van der Waals surface area contributed by atoms with Crippen LogP contribution in [0.15, 0.2) is 73.1 Å². The molecule has 0 aliphatic carbocycles. The van der Waals surface area contributed by atoms with Gasteiger partial charge in [0.25, 0.3) is 5.91 Å².